The Kier molecular flexibility index (Phi) is 4.95. The molecule has 3 rings (SSSR count). The van der Waals surface area contributed by atoms with Crippen molar-refractivity contribution in [1.29, 1.82) is 0 Å². The van der Waals surface area contributed by atoms with Gasteiger partial charge < -0.3 is 4.98 Å². The van der Waals surface area contributed by atoms with E-state index in [1.165, 1.54) is 0 Å². The molecule has 5 heteroatoms. The summed E-state index contributed by atoms with van der Waals surface area (Å²) in [5, 5.41) is 1.12. The SMILES string of the molecule is CC(C)(Cc1c[nH]c2ccccc12)NS(=O)(=O)c1ccc(C(C)(C)C)cc1. The fraction of sp³-hybridized carbons (Fsp3) is 0.364. The van der Waals surface area contributed by atoms with Crippen LogP contribution >= 0.6 is 0 Å². The van der Waals surface area contributed by atoms with Crippen molar-refractivity contribution in [2.75, 3.05) is 0 Å². The Labute approximate surface area is 162 Å². The Morgan fingerprint density at radius 1 is 0.926 bits per heavy atom. The van der Waals surface area contributed by atoms with E-state index >= 15 is 0 Å². The zero-order valence-corrected chi connectivity index (χ0v) is 17.4. The predicted octanol–water partition coefficient (Wildman–Crippen LogP) is 4.77. The minimum Gasteiger partial charge on any atom is -0.361 e. The number of aromatic nitrogens is 1. The van der Waals surface area contributed by atoms with Gasteiger partial charge in [-0.1, -0.05) is 51.1 Å². The number of benzene rings is 2. The van der Waals surface area contributed by atoms with Gasteiger partial charge in [0, 0.05) is 22.6 Å². The monoisotopic (exact) mass is 384 g/mol. The highest BCUT2D eigenvalue weighted by atomic mass is 32.2. The van der Waals surface area contributed by atoms with Crippen molar-refractivity contribution in [2.45, 2.75) is 56.9 Å². The molecule has 0 fully saturated rings. The van der Waals surface area contributed by atoms with Crippen LogP contribution in [0.4, 0.5) is 0 Å². The van der Waals surface area contributed by atoms with E-state index in [0.717, 1.165) is 22.0 Å². The summed E-state index contributed by atoms with van der Waals surface area (Å²) in [5.41, 5.74) is 2.64. The van der Waals surface area contributed by atoms with Crippen LogP contribution in [0.15, 0.2) is 59.6 Å². The summed E-state index contributed by atoms with van der Waals surface area (Å²) >= 11 is 0. The van der Waals surface area contributed by atoms with Gasteiger partial charge >= 0.3 is 0 Å². The second-order valence-electron chi connectivity index (χ2n) is 8.80. The van der Waals surface area contributed by atoms with Crippen LogP contribution in [0.25, 0.3) is 10.9 Å². The lowest BCUT2D eigenvalue weighted by atomic mass is 9.87. The molecule has 1 aromatic heterocycles. The van der Waals surface area contributed by atoms with E-state index in [0.29, 0.717) is 11.3 Å². The highest BCUT2D eigenvalue weighted by molar-refractivity contribution is 7.89. The van der Waals surface area contributed by atoms with Crippen LogP contribution in [0, 0.1) is 0 Å². The number of hydrogen-bond donors (Lipinski definition) is 2. The quantitative estimate of drug-likeness (QED) is 0.666. The molecular formula is C22H28N2O2S. The molecule has 2 N–H and O–H groups in total. The summed E-state index contributed by atoms with van der Waals surface area (Å²) in [6, 6.07) is 15.2. The summed E-state index contributed by atoms with van der Waals surface area (Å²) in [6.45, 7) is 10.2. The van der Waals surface area contributed by atoms with E-state index < -0.39 is 15.6 Å². The van der Waals surface area contributed by atoms with E-state index in [2.05, 4.69) is 36.5 Å². The molecule has 27 heavy (non-hydrogen) atoms. The summed E-state index contributed by atoms with van der Waals surface area (Å²) < 4.78 is 28.6. The fourth-order valence-corrected chi connectivity index (χ4v) is 4.76. The lowest BCUT2D eigenvalue weighted by Crippen LogP contribution is -2.44. The maximum Gasteiger partial charge on any atom is 0.241 e. The lowest BCUT2D eigenvalue weighted by molar-refractivity contribution is 0.451. The number of nitrogens with one attached hydrogen (secondary N) is 2. The Balaban J connectivity index is 1.81. The Morgan fingerprint density at radius 2 is 1.56 bits per heavy atom. The summed E-state index contributed by atoms with van der Waals surface area (Å²) in [7, 11) is -3.60. The van der Waals surface area contributed by atoms with Gasteiger partial charge in [-0.2, -0.15) is 0 Å². The number of H-pyrrole nitrogens is 1. The number of fused-ring (bicyclic) bond motifs is 1. The molecule has 0 saturated heterocycles. The van der Waals surface area contributed by atoms with Gasteiger partial charge in [0.05, 0.1) is 4.90 Å². The van der Waals surface area contributed by atoms with Crippen LogP contribution in [0.5, 0.6) is 0 Å². The molecule has 0 aliphatic carbocycles. The third-order valence-corrected chi connectivity index (χ3v) is 6.46. The highest BCUT2D eigenvalue weighted by Gasteiger charge is 2.27. The van der Waals surface area contributed by atoms with E-state index in [1.54, 1.807) is 12.1 Å². The van der Waals surface area contributed by atoms with Gasteiger partial charge in [-0.3, -0.25) is 0 Å². The first kappa shape index (κ1) is 19.6. The second-order valence-corrected chi connectivity index (χ2v) is 10.5. The third-order valence-electron chi connectivity index (χ3n) is 4.75. The van der Waals surface area contributed by atoms with Gasteiger partial charge in [-0.05, 0) is 55.0 Å². The molecule has 0 atom stereocenters. The molecule has 1 heterocycles. The first-order valence-corrected chi connectivity index (χ1v) is 10.7. The van der Waals surface area contributed by atoms with Crippen molar-refractivity contribution in [3.63, 3.8) is 0 Å². The highest BCUT2D eigenvalue weighted by Crippen LogP contribution is 2.26. The van der Waals surface area contributed by atoms with Crippen molar-refractivity contribution >= 4 is 20.9 Å². The van der Waals surface area contributed by atoms with Gasteiger partial charge in [0.2, 0.25) is 10.0 Å². The van der Waals surface area contributed by atoms with Crippen molar-refractivity contribution in [1.82, 2.24) is 9.71 Å². The molecule has 2 aromatic carbocycles. The number of hydrogen-bond acceptors (Lipinski definition) is 2. The predicted molar refractivity (Wildman–Crippen MR) is 112 cm³/mol. The Morgan fingerprint density at radius 3 is 2.19 bits per heavy atom. The van der Waals surface area contributed by atoms with Crippen molar-refractivity contribution in [2.24, 2.45) is 0 Å². The van der Waals surface area contributed by atoms with Gasteiger partial charge in [-0.15, -0.1) is 0 Å². The minimum atomic E-state index is -3.60. The maximum absolute atomic E-state index is 12.9. The van der Waals surface area contributed by atoms with Gasteiger partial charge in [0.1, 0.15) is 0 Å². The molecule has 0 aliphatic rings. The molecule has 0 radical (unpaired) electrons. The maximum atomic E-state index is 12.9. The molecule has 4 nitrogen and oxygen atoms in total. The first-order chi connectivity index (χ1) is 12.5. The average Bonchev–Trinajstić information content (AvgIpc) is 2.96. The van der Waals surface area contributed by atoms with Gasteiger partial charge in [-0.25, -0.2) is 13.1 Å². The normalized spacial score (nSPS) is 13.2. The Bertz CT molecular complexity index is 1040. The lowest BCUT2D eigenvalue weighted by Gasteiger charge is -2.26. The topological polar surface area (TPSA) is 62.0 Å². The third kappa shape index (κ3) is 4.42. The van der Waals surface area contributed by atoms with Gasteiger partial charge in [0.15, 0.2) is 0 Å². The van der Waals surface area contributed by atoms with Crippen molar-refractivity contribution in [3.05, 3.63) is 65.9 Å². The van der Waals surface area contributed by atoms with E-state index in [4.69, 9.17) is 0 Å². The average molecular weight is 385 g/mol. The van der Waals surface area contributed by atoms with Crippen LogP contribution in [0.2, 0.25) is 0 Å². The van der Waals surface area contributed by atoms with Crippen molar-refractivity contribution in [3.8, 4) is 0 Å². The molecule has 0 aliphatic heterocycles. The largest absolute Gasteiger partial charge is 0.361 e. The molecule has 0 bridgehead atoms. The minimum absolute atomic E-state index is 0.00959. The van der Waals surface area contributed by atoms with Crippen LogP contribution in [-0.4, -0.2) is 18.9 Å². The summed E-state index contributed by atoms with van der Waals surface area (Å²) in [6.07, 6.45) is 2.55. The van der Waals surface area contributed by atoms with Crippen LogP contribution in [0.3, 0.4) is 0 Å². The summed E-state index contributed by atoms with van der Waals surface area (Å²) in [4.78, 5) is 3.54. The fourth-order valence-electron chi connectivity index (χ4n) is 3.35. The van der Waals surface area contributed by atoms with E-state index in [-0.39, 0.29) is 5.41 Å². The van der Waals surface area contributed by atoms with Gasteiger partial charge in [0.25, 0.3) is 0 Å². The zero-order valence-electron chi connectivity index (χ0n) is 16.6. The molecule has 0 amide bonds. The van der Waals surface area contributed by atoms with E-state index in [9.17, 15) is 8.42 Å². The Hall–Kier alpha value is -2.11. The second kappa shape index (κ2) is 6.80. The van der Waals surface area contributed by atoms with Crippen LogP contribution in [-0.2, 0) is 21.9 Å². The molecule has 0 unspecified atom stereocenters. The standard InChI is InChI=1S/C22H28N2O2S/c1-21(2,3)17-10-12-18(13-11-17)27(25,26)24-22(4,5)14-16-15-23-20-9-7-6-8-19(16)20/h6-13,15,23-24H,14H2,1-5H3. The van der Waals surface area contributed by atoms with Crippen molar-refractivity contribution < 1.29 is 8.42 Å². The number of rotatable bonds is 5. The van der Waals surface area contributed by atoms with Crippen LogP contribution < -0.4 is 4.72 Å². The molecular weight excluding hydrogens is 356 g/mol. The van der Waals surface area contributed by atoms with Crippen LogP contribution in [0.1, 0.15) is 45.7 Å². The molecule has 0 saturated carbocycles. The number of para-hydroxylation sites is 1. The molecule has 0 spiro atoms. The zero-order chi connectivity index (χ0) is 19.9. The molecule has 3 aromatic rings. The number of aromatic amines is 1. The molecule has 144 valence electrons. The summed E-state index contributed by atoms with van der Waals surface area (Å²) in [5.74, 6) is 0. The first-order valence-electron chi connectivity index (χ1n) is 9.17. The van der Waals surface area contributed by atoms with E-state index in [1.807, 2.05) is 50.4 Å². The number of sulfonamides is 1. The smallest absolute Gasteiger partial charge is 0.241 e.